The lowest BCUT2D eigenvalue weighted by Gasteiger charge is -2.07. The fourth-order valence-electron chi connectivity index (χ4n) is 1.35. The zero-order valence-electron chi connectivity index (χ0n) is 9.26. The first-order valence-corrected chi connectivity index (χ1v) is 8.47. The molecule has 1 aromatic carbocycles. The number of nitrogens with one attached hydrogen (secondary N) is 1. The summed E-state index contributed by atoms with van der Waals surface area (Å²) in [6.07, 6.45) is 0. The van der Waals surface area contributed by atoms with Crippen molar-refractivity contribution in [1.82, 2.24) is 0 Å². The van der Waals surface area contributed by atoms with Crippen molar-refractivity contribution in [3.8, 4) is 0 Å². The molecule has 0 fully saturated rings. The third-order valence-electron chi connectivity index (χ3n) is 2.22. The van der Waals surface area contributed by atoms with E-state index in [-0.39, 0.29) is 4.21 Å². The van der Waals surface area contributed by atoms with Crippen LogP contribution in [0.5, 0.6) is 0 Å². The first-order chi connectivity index (χ1) is 8.53. The highest BCUT2D eigenvalue weighted by Crippen LogP contribution is 2.25. The first kappa shape index (κ1) is 13.8. The minimum Gasteiger partial charge on any atom is -0.326 e. The van der Waals surface area contributed by atoms with Crippen molar-refractivity contribution in [1.29, 1.82) is 0 Å². The van der Waals surface area contributed by atoms with E-state index < -0.39 is 10.0 Å². The standard InChI is InChI=1S/C11H11IN2O2S2/c12-9-3-1-2-4-10(9)14-18(15,16)11-6-5-8(7-13)17-11/h1-6,14H,7,13H2. The lowest BCUT2D eigenvalue weighted by molar-refractivity contribution is 0.603. The molecular weight excluding hydrogens is 383 g/mol. The van der Waals surface area contributed by atoms with Crippen molar-refractivity contribution in [2.75, 3.05) is 4.72 Å². The van der Waals surface area contributed by atoms with Crippen LogP contribution in [0.4, 0.5) is 5.69 Å². The van der Waals surface area contributed by atoms with Crippen LogP contribution in [0.2, 0.25) is 0 Å². The third-order valence-corrected chi connectivity index (χ3v) is 6.13. The molecule has 0 aliphatic rings. The van der Waals surface area contributed by atoms with Crippen LogP contribution in [0.25, 0.3) is 0 Å². The SMILES string of the molecule is NCc1ccc(S(=O)(=O)Nc2ccccc2I)s1. The van der Waals surface area contributed by atoms with Crippen LogP contribution in [0.3, 0.4) is 0 Å². The van der Waals surface area contributed by atoms with E-state index in [2.05, 4.69) is 27.3 Å². The molecule has 4 nitrogen and oxygen atoms in total. The zero-order chi connectivity index (χ0) is 13.2. The largest absolute Gasteiger partial charge is 0.326 e. The molecule has 0 spiro atoms. The van der Waals surface area contributed by atoms with E-state index in [9.17, 15) is 8.42 Å². The van der Waals surface area contributed by atoms with Gasteiger partial charge in [-0.05, 0) is 46.9 Å². The summed E-state index contributed by atoms with van der Waals surface area (Å²) in [6.45, 7) is 0.350. The quantitative estimate of drug-likeness (QED) is 0.784. The molecule has 0 aliphatic heterocycles. The van der Waals surface area contributed by atoms with Crippen LogP contribution in [-0.4, -0.2) is 8.42 Å². The minimum absolute atomic E-state index is 0.280. The van der Waals surface area contributed by atoms with Gasteiger partial charge in [-0.15, -0.1) is 11.3 Å². The van der Waals surface area contributed by atoms with Crippen LogP contribution in [0.15, 0.2) is 40.6 Å². The molecule has 1 aromatic heterocycles. The molecule has 3 N–H and O–H groups in total. The van der Waals surface area contributed by atoms with Gasteiger partial charge in [0.05, 0.1) is 5.69 Å². The Morgan fingerprint density at radius 1 is 1.22 bits per heavy atom. The van der Waals surface area contributed by atoms with E-state index in [0.29, 0.717) is 12.2 Å². The number of anilines is 1. The maximum Gasteiger partial charge on any atom is 0.271 e. The van der Waals surface area contributed by atoms with Gasteiger partial charge in [-0.2, -0.15) is 0 Å². The van der Waals surface area contributed by atoms with Crippen molar-refractivity contribution in [2.45, 2.75) is 10.8 Å². The number of nitrogens with two attached hydrogens (primary N) is 1. The van der Waals surface area contributed by atoms with Crippen LogP contribution < -0.4 is 10.5 Å². The van der Waals surface area contributed by atoms with Gasteiger partial charge < -0.3 is 5.73 Å². The Morgan fingerprint density at radius 3 is 2.56 bits per heavy atom. The van der Waals surface area contributed by atoms with Gasteiger partial charge in [0.1, 0.15) is 4.21 Å². The molecule has 18 heavy (non-hydrogen) atoms. The molecule has 0 amide bonds. The summed E-state index contributed by atoms with van der Waals surface area (Å²) in [4.78, 5) is 0.845. The number of hydrogen-bond acceptors (Lipinski definition) is 4. The second-order valence-electron chi connectivity index (χ2n) is 3.51. The Bertz CT molecular complexity index is 653. The Hall–Kier alpha value is -0.640. The van der Waals surface area contributed by atoms with Crippen LogP contribution >= 0.6 is 33.9 Å². The van der Waals surface area contributed by atoms with Crippen molar-refractivity contribution < 1.29 is 8.42 Å². The number of sulfonamides is 1. The van der Waals surface area contributed by atoms with Gasteiger partial charge in [0, 0.05) is 15.0 Å². The van der Waals surface area contributed by atoms with Gasteiger partial charge >= 0.3 is 0 Å². The fourth-order valence-corrected chi connectivity index (χ4v) is 4.37. The number of thiophene rings is 1. The van der Waals surface area contributed by atoms with E-state index in [4.69, 9.17) is 5.73 Å². The Kier molecular flexibility index (Phi) is 4.25. The van der Waals surface area contributed by atoms with Gasteiger partial charge in [-0.1, -0.05) is 12.1 Å². The van der Waals surface area contributed by atoms with E-state index in [1.807, 2.05) is 12.1 Å². The highest BCUT2D eigenvalue weighted by molar-refractivity contribution is 14.1. The van der Waals surface area contributed by atoms with Crippen molar-refractivity contribution >= 4 is 49.6 Å². The molecule has 0 bridgehead atoms. The molecule has 0 atom stereocenters. The lowest BCUT2D eigenvalue weighted by atomic mass is 10.3. The highest BCUT2D eigenvalue weighted by Gasteiger charge is 2.17. The number of rotatable bonds is 4. The summed E-state index contributed by atoms with van der Waals surface area (Å²) in [6, 6.07) is 10.5. The first-order valence-electron chi connectivity index (χ1n) is 5.09. The summed E-state index contributed by atoms with van der Waals surface area (Å²) in [7, 11) is -3.52. The summed E-state index contributed by atoms with van der Waals surface area (Å²) in [5.74, 6) is 0. The van der Waals surface area contributed by atoms with Crippen LogP contribution in [0, 0.1) is 3.57 Å². The monoisotopic (exact) mass is 394 g/mol. The Labute approximate surface area is 123 Å². The Morgan fingerprint density at radius 2 is 1.94 bits per heavy atom. The minimum atomic E-state index is -3.52. The second kappa shape index (κ2) is 5.55. The van der Waals surface area contributed by atoms with Crippen LogP contribution in [0.1, 0.15) is 4.88 Å². The number of para-hydroxylation sites is 1. The molecule has 0 aliphatic carbocycles. The van der Waals surface area contributed by atoms with E-state index in [1.165, 1.54) is 11.3 Å². The third kappa shape index (κ3) is 3.02. The molecule has 0 saturated heterocycles. The van der Waals surface area contributed by atoms with Crippen LogP contribution in [-0.2, 0) is 16.6 Å². The maximum atomic E-state index is 12.1. The maximum absolute atomic E-state index is 12.1. The second-order valence-corrected chi connectivity index (χ2v) is 7.75. The molecule has 2 aromatic rings. The van der Waals surface area contributed by atoms with Crippen molar-refractivity contribution in [3.63, 3.8) is 0 Å². The molecule has 7 heteroatoms. The average molecular weight is 394 g/mol. The summed E-state index contributed by atoms with van der Waals surface area (Å²) < 4.78 is 28.0. The van der Waals surface area contributed by atoms with Gasteiger partial charge in [-0.3, -0.25) is 4.72 Å². The normalized spacial score (nSPS) is 11.4. The van der Waals surface area contributed by atoms with Gasteiger partial charge in [0.2, 0.25) is 0 Å². The zero-order valence-corrected chi connectivity index (χ0v) is 13.1. The molecule has 0 unspecified atom stereocenters. The van der Waals surface area contributed by atoms with Gasteiger partial charge in [-0.25, -0.2) is 8.42 Å². The van der Waals surface area contributed by atoms with Crippen molar-refractivity contribution in [3.05, 3.63) is 44.8 Å². The predicted octanol–water partition coefficient (Wildman–Crippen LogP) is 2.61. The van der Waals surface area contributed by atoms with E-state index in [1.54, 1.807) is 24.3 Å². The van der Waals surface area contributed by atoms with Gasteiger partial charge in [0.25, 0.3) is 10.0 Å². The average Bonchev–Trinajstić information content (AvgIpc) is 2.81. The van der Waals surface area contributed by atoms with Crippen molar-refractivity contribution in [2.24, 2.45) is 5.73 Å². The molecule has 0 radical (unpaired) electrons. The number of halogens is 1. The van der Waals surface area contributed by atoms with E-state index in [0.717, 1.165) is 8.45 Å². The molecule has 2 rings (SSSR count). The summed E-state index contributed by atoms with van der Waals surface area (Å²) >= 11 is 3.28. The fraction of sp³-hybridized carbons (Fsp3) is 0.0909. The smallest absolute Gasteiger partial charge is 0.271 e. The van der Waals surface area contributed by atoms with Gasteiger partial charge in [0.15, 0.2) is 0 Å². The molecule has 1 heterocycles. The Balaban J connectivity index is 2.30. The number of hydrogen-bond donors (Lipinski definition) is 2. The van der Waals surface area contributed by atoms with E-state index >= 15 is 0 Å². The topological polar surface area (TPSA) is 72.2 Å². The summed E-state index contributed by atoms with van der Waals surface area (Å²) in [5.41, 5.74) is 6.06. The lowest BCUT2D eigenvalue weighted by Crippen LogP contribution is -2.12. The summed E-state index contributed by atoms with van der Waals surface area (Å²) in [5, 5.41) is 0. The predicted molar refractivity (Wildman–Crippen MR) is 82.2 cm³/mol. The number of benzene rings is 1. The molecule has 96 valence electrons. The molecular formula is C11H11IN2O2S2. The molecule has 0 saturated carbocycles. The highest BCUT2D eigenvalue weighted by atomic mass is 127.